The Hall–Kier alpha value is -2.04. The third-order valence-corrected chi connectivity index (χ3v) is 3.64. The average Bonchev–Trinajstić information content (AvgIpc) is 3.03. The Morgan fingerprint density at radius 3 is 3.00 bits per heavy atom. The minimum atomic E-state index is -0.555. The minimum Gasteiger partial charge on any atom is -0.411 e. The van der Waals surface area contributed by atoms with E-state index in [1.54, 1.807) is 0 Å². The first kappa shape index (κ1) is 20.0. The van der Waals surface area contributed by atoms with Crippen molar-refractivity contribution in [1.29, 1.82) is 0 Å². The first-order valence-corrected chi connectivity index (χ1v) is 7.98. The topological polar surface area (TPSA) is 141 Å². The summed E-state index contributed by atoms with van der Waals surface area (Å²) in [7, 11) is 0. The van der Waals surface area contributed by atoms with E-state index in [1.807, 2.05) is 6.92 Å². The molecule has 10 nitrogen and oxygen atoms in total. The summed E-state index contributed by atoms with van der Waals surface area (Å²) >= 11 is 0. The summed E-state index contributed by atoms with van der Waals surface area (Å²) < 4.78 is 1.38. The maximum Gasteiger partial charge on any atom is 0.434 e. The smallest absolute Gasteiger partial charge is 0.411 e. The molecule has 0 aromatic carbocycles. The van der Waals surface area contributed by atoms with Crippen LogP contribution in [0.4, 0.5) is 5.95 Å². The van der Waals surface area contributed by atoms with E-state index in [0.717, 1.165) is 19.3 Å². The molecular weight excluding hydrogens is 316 g/mol. The van der Waals surface area contributed by atoms with Crippen molar-refractivity contribution in [1.82, 2.24) is 15.0 Å². The maximum atomic E-state index is 10.8. The molecule has 24 heavy (non-hydrogen) atoms. The number of oxime groups is 1. The Bertz CT molecular complexity index is 533. The highest BCUT2D eigenvalue weighted by Gasteiger charge is 2.19. The van der Waals surface area contributed by atoms with E-state index in [4.69, 9.17) is 15.8 Å². The van der Waals surface area contributed by atoms with E-state index in [-0.39, 0.29) is 25.0 Å². The second-order valence-electron chi connectivity index (χ2n) is 5.56. The number of rotatable bonds is 12. The molecule has 0 radical (unpaired) electrons. The lowest BCUT2D eigenvalue weighted by molar-refractivity contribution is -0.397. The van der Waals surface area contributed by atoms with Crippen LogP contribution in [0, 0.1) is 16.0 Å². The zero-order chi connectivity index (χ0) is 17.9. The molecule has 136 valence electrons. The monoisotopic (exact) mass is 342 g/mol. The van der Waals surface area contributed by atoms with Crippen molar-refractivity contribution in [2.24, 2.45) is 16.8 Å². The van der Waals surface area contributed by atoms with Gasteiger partial charge in [0, 0.05) is 19.0 Å². The van der Waals surface area contributed by atoms with Gasteiger partial charge in [-0.05, 0) is 17.8 Å². The van der Waals surface area contributed by atoms with Gasteiger partial charge in [0.2, 0.25) is 0 Å². The van der Waals surface area contributed by atoms with Crippen LogP contribution in [0.3, 0.4) is 0 Å². The summed E-state index contributed by atoms with van der Waals surface area (Å²) in [5.41, 5.74) is 9.18. The van der Waals surface area contributed by atoms with Crippen molar-refractivity contribution in [3.63, 3.8) is 0 Å². The number of hydroxylamine groups is 1. The van der Waals surface area contributed by atoms with Crippen molar-refractivity contribution in [2.75, 3.05) is 13.1 Å². The van der Waals surface area contributed by atoms with Crippen LogP contribution in [0.15, 0.2) is 17.5 Å². The predicted octanol–water partition coefficient (Wildman–Crippen LogP) is 1.30. The predicted molar refractivity (Wildman–Crippen MR) is 88.7 cm³/mol. The average molecular weight is 342 g/mol. The zero-order valence-electron chi connectivity index (χ0n) is 14.1. The van der Waals surface area contributed by atoms with E-state index in [9.17, 15) is 10.1 Å². The van der Waals surface area contributed by atoms with Gasteiger partial charge in [-0.15, -0.1) is 0 Å². The van der Waals surface area contributed by atoms with Crippen LogP contribution in [-0.4, -0.2) is 44.6 Å². The maximum absolute atomic E-state index is 10.8. The van der Waals surface area contributed by atoms with Gasteiger partial charge >= 0.3 is 5.95 Å². The van der Waals surface area contributed by atoms with E-state index >= 15 is 0 Å². The van der Waals surface area contributed by atoms with Crippen molar-refractivity contribution >= 4 is 11.7 Å². The number of imidazole rings is 1. The summed E-state index contributed by atoms with van der Waals surface area (Å²) in [5.74, 6) is -0.248. The highest BCUT2D eigenvalue weighted by atomic mass is 16.7. The molecule has 1 rings (SSSR count). The van der Waals surface area contributed by atoms with Crippen molar-refractivity contribution in [2.45, 2.75) is 45.8 Å². The van der Waals surface area contributed by atoms with Gasteiger partial charge in [-0.2, -0.15) is 0 Å². The van der Waals surface area contributed by atoms with Gasteiger partial charge in [0.05, 0.1) is 5.71 Å². The van der Waals surface area contributed by atoms with Crippen LogP contribution in [0.1, 0.15) is 33.1 Å². The number of nitrogens with one attached hydrogen (secondary N) is 1. The number of nitrogens with zero attached hydrogens (tertiary/aromatic N) is 4. The molecule has 1 aromatic heterocycles. The minimum absolute atomic E-state index is 0.00237. The van der Waals surface area contributed by atoms with Crippen LogP contribution in [0.25, 0.3) is 0 Å². The van der Waals surface area contributed by atoms with Crippen LogP contribution < -0.4 is 11.2 Å². The molecule has 1 heterocycles. The van der Waals surface area contributed by atoms with Gasteiger partial charge in [0.15, 0.2) is 0 Å². The van der Waals surface area contributed by atoms with Crippen molar-refractivity contribution < 1.29 is 15.0 Å². The standard InChI is InChI=1S/C14H26N6O4/c1-3-4-5-13(18-21)11(2)9-17-24-12(8-15)10-19-7-6-16-14(19)20(22)23/h6-7,11-12,17,21H,3-5,8-10,15H2,1-2H3. The normalized spacial score (nSPS) is 14.5. The number of hydrogen-bond donors (Lipinski definition) is 3. The highest BCUT2D eigenvalue weighted by Crippen LogP contribution is 2.10. The molecule has 2 atom stereocenters. The fourth-order valence-electron chi connectivity index (χ4n) is 2.16. The molecule has 0 aliphatic heterocycles. The lowest BCUT2D eigenvalue weighted by Gasteiger charge is -2.18. The summed E-state index contributed by atoms with van der Waals surface area (Å²) in [4.78, 5) is 19.5. The molecule has 0 amide bonds. The van der Waals surface area contributed by atoms with Crippen molar-refractivity contribution in [3.05, 3.63) is 22.5 Å². The molecular formula is C14H26N6O4. The fourth-order valence-corrected chi connectivity index (χ4v) is 2.16. The molecule has 2 unspecified atom stereocenters. The zero-order valence-corrected chi connectivity index (χ0v) is 14.1. The van der Waals surface area contributed by atoms with Crippen LogP contribution in [0.5, 0.6) is 0 Å². The Labute approximate surface area is 140 Å². The molecule has 0 fully saturated rings. The summed E-state index contributed by atoms with van der Waals surface area (Å²) in [6.45, 7) is 4.85. The van der Waals surface area contributed by atoms with Crippen molar-refractivity contribution in [3.8, 4) is 0 Å². The van der Waals surface area contributed by atoms with Gasteiger partial charge in [0.25, 0.3) is 0 Å². The van der Waals surface area contributed by atoms with Crippen LogP contribution in [0.2, 0.25) is 0 Å². The van der Waals surface area contributed by atoms with E-state index in [2.05, 4.69) is 22.5 Å². The van der Waals surface area contributed by atoms with Gasteiger partial charge in [0.1, 0.15) is 25.0 Å². The first-order valence-electron chi connectivity index (χ1n) is 7.98. The first-order chi connectivity index (χ1) is 11.5. The Kier molecular flexibility index (Phi) is 8.90. The molecule has 1 aromatic rings. The van der Waals surface area contributed by atoms with Gasteiger partial charge in [-0.25, -0.2) is 10.0 Å². The number of aromatic nitrogens is 2. The number of unbranched alkanes of at least 4 members (excludes halogenated alkanes) is 1. The molecule has 10 heteroatoms. The third-order valence-electron chi connectivity index (χ3n) is 3.64. The molecule has 4 N–H and O–H groups in total. The summed E-state index contributed by atoms with van der Waals surface area (Å²) in [6, 6.07) is 0. The second-order valence-corrected chi connectivity index (χ2v) is 5.56. The molecule has 0 spiro atoms. The Morgan fingerprint density at radius 1 is 1.67 bits per heavy atom. The lowest BCUT2D eigenvalue weighted by atomic mass is 10.0. The third kappa shape index (κ3) is 6.22. The molecule has 0 saturated heterocycles. The number of nitro groups is 1. The largest absolute Gasteiger partial charge is 0.434 e. The van der Waals surface area contributed by atoms with Crippen LogP contribution in [-0.2, 0) is 11.4 Å². The molecule has 0 aliphatic rings. The molecule has 0 bridgehead atoms. The van der Waals surface area contributed by atoms with E-state index in [0.29, 0.717) is 12.3 Å². The van der Waals surface area contributed by atoms with Crippen LogP contribution >= 0.6 is 0 Å². The van der Waals surface area contributed by atoms with Gasteiger partial charge in [-0.3, -0.25) is 4.84 Å². The van der Waals surface area contributed by atoms with Gasteiger partial charge < -0.3 is 21.1 Å². The molecule has 0 saturated carbocycles. The van der Waals surface area contributed by atoms with E-state index < -0.39 is 11.0 Å². The summed E-state index contributed by atoms with van der Waals surface area (Å²) in [5, 5.41) is 23.2. The SMILES string of the molecule is CCCCC(=NO)C(C)CNOC(CN)Cn1ccnc1[N+](=O)[O-]. The summed E-state index contributed by atoms with van der Waals surface area (Å²) in [6.07, 6.45) is 5.13. The van der Waals surface area contributed by atoms with Gasteiger partial charge in [-0.1, -0.05) is 30.4 Å². The number of hydrogen-bond acceptors (Lipinski definition) is 8. The highest BCUT2D eigenvalue weighted by molar-refractivity contribution is 5.86. The Morgan fingerprint density at radius 2 is 2.42 bits per heavy atom. The number of nitrogens with two attached hydrogens (primary N) is 1. The second kappa shape index (κ2) is 10.7. The fraction of sp³-hybridized carbons (Fsp3) is 0.714. The van der Waals surface area contributed by atoms with E-state index in [1.165, 1.54) is 17.0 Å². The quantitative estimate of drug-likeness (QED) is 0.225. The lowest BCUT2D eigenvalue weighted by Crippen LogP contribution is -2.36. The Balaban J connectivity index is 2.46. The molecule has 0 aliphatic carbocycles.